The second kappa shape index (κ2) is 2.72. The van der Waals surface area contributed by atoms with E-state index in [0.717, 1.165) is 0 Å². The van der Waals surface area contributed by atoms with Crippen molar-refractivity contribution in [1.29, 1.82) is 0 Å². The van der Waals surface area contributed by atoms with E-state index in [1.807, 2.05) is 0 Å². The van der Waals surface area contributed by atoms with E-state index in [1.165, 1.54) is 47.6 Å². The van der Waals surface area contributed by atoms with E-state index in [1.54, 1.807) is 0 Å². The summed E-state index contributed by atoms with van der Waals surface area (Å²) in [5.74, 6) is 0. The second-order valence-electron chi connectivity index (χ2n) is 2.14. The zero-order valence-electron chi connectivity index (χ0n) is 4.98. The van der Waals surface area contributed by atoms with Crippen molar-refractivity contribution in [3.05, 3.63) is 0 Å². The zero-order chi connectivity index (χ0) is 5.11. The number of rotatable bonds is 1. The minimum atomic E-state index is 1.36. The molecule has 0 atom stereocenters. The Labute approximate surface area is 53.1 Å². The van der Waals surface area contributed by atoms with E-state index in [0.29, 0.717) is 0 Å². The summed E-state index contributed by atoms with van der Waals surface area (Å²) in [6, 6.07) is 0. The first kappa shape index (κ1) is 5.63. The first-order valence-electron chi connectivity index (χ1n) is 3.16. The fourth-order valence-corrected chi connectivity index (χ4v) is 1.73. The summed E-state index contributed by atoms with van der Waals surface area (Å²) in [6.45, 7) is 2.76. The maximum Gasteiger partial charge on any atom is 0.234 e. The molecule has 0 radical (unpaired) electrons. The molecule has 1 aliphatic rings. The second-order valence-corrected chi connectivity index (χ2v) is 2.77. The summed E-state index contributed by atoms with van der Waals surface area (Å²) in [4.78, 5) is 2.55. The molecule has 0 unspecified atom stereocenters. The lowest BCUT2D eigenvalue weighted by Gasteiger charge is -2.08. The zero-order valence-corrected chi connectivity index (χ0v) is 6.98. The monoisotopic (exact) mass is 113 g/mol. The largest absolute Gasteiger partial charge is 0.317 e. The summed E-state index contributed by atoms with van der Waals surface area (Å²) in [6.07, 6.45) is 2.89. The van der Waals surface area contributed by atoms with Crippen LogP contribution in [0.4, 0.5) is 0 Å². The van der Waals surface area contributed by atoms with Crippen LogP contribution in [-0.4, -0.2) is 39.7 Å². The normalized spacial score (nSPS) is 23.4. The quantitative estimate of drug-likeness (QED) is 0.421. The third kappa shape index (κ3) is 1.45. The van der Waals surface area contributed by atoms with E-state index in [2.05, 4.69) is 4.90 Å². The molecule has 1 aliphatic heterocycles. The molecule has 0 aromatic carbocycles. The van der Waals surface area contributed by atoms with Crippen LogP contribution >= 0.6 is 0 Å². The van der Waals surface area contributed by atoms with Gasteiger partial charge in [0.05, 0.1) is 0 Å². The number of hydrogen-bond donors (Lipinski definition) is 0. The van der Waals surface area contributed by atoms with Crippen molar-refractivity contribution in [1.82, 2.24) is 4.90 Å². The Kier molecular flexibility index (Phi) is 2.18. The summed E-state index contributed by atoms with van der Waals surface area (Å²) < 4.78 is 0. The van der Waals surface area contributed by atoms with Crippen molar-refractivity contribution in [2.75, 3.05) is 18.5 Å². The van der Waals surface area contributed by atoms with Gasteiger partial charge in [0, 0.05) is 0 Å². The Morgan fingerprint density at radius 2 is 1.86 bits per heavy atom. The lowest BCUT2D eigenvalue weighted by atomic mass is 10.4. The van der Waals surface area contributed by atoms with Gasteiger partial charge in [0.2, 0.25) is 16.3 Å². The molecular weight excluding hydrogens is 101 g/mol. The summed E-state index contributed by atoms with van der Waals surface area (Å²) in [5.41, 5.74) is 0. The third-order valence-electron chi connectivity index (χ3n) is 1.65. The molecule has 7 heavy (non-hydrogen) atoms. The molecule has 1 nitrogen and oxygen atoms in total. The van der Waals surface area contributed by atoms with Crippen molar-refractivity contribution in [3.8, 4) is 0 Å². The first-order chi connectivity index (χ1) is 3.43. The van der Waals surface area contributed by atoms with Crippen molar-refractivity contribution >= 4 is 16.3 Å². The molecule has 1 rings (SSSR count). The van der Waals surface area contributed by atoms with Gasteiger partial charge in [-0.05, 0) is 25.9 Å². The van der Waals surface area contributed by atoms with Crippen LogP contribution in [-0.2, 0) is 0 Å². The predicted molar refractivity (Wildman–Crippen MR) is 34.2 cm³/mol. The molecule has 0 spiro atoms. The van der Waals surface area contributed by atoms with Crippen LogP contribution < -0.4 is 0 Å². The van der Waals surface area contributed by atoms with Crippen molar-refractivity contribution in [2.45, 2.75) is 12.8 Å². The van der Waals surface area contributed by atoms with Crippen molar-refractivity contribution in [2.24, 2.45) is 0 Å². The van der Waals surface area contributed by atoms with Crippen molar-refractivity contribution in [3.63, 3.8) is 0 Å². The Balaban J connectivity index is 2.14. The summed E-state index contributed by atoms with van der Waals surface area (Å²) in [5, 5.41) is 1.39. The van der Waals surface area contributed by atoms with Crippen LogP contribution in [0.2, 0.25) is 0 Å². The lowest BCUT2D eigenvalue weighted by molar-refractivity contribution is 0.397. The summed E-state index contributed by atoms with van der Waals surface area (Å²) >= 11 is 1.36. The molecule has 0 aliphatic carbocycles. The molecule has 0 amide bonds. The van der Waals surface area contributed by atoms with Gasteiger partial charge in [-0.1, -0.05) is 5.41 Å². The molecule has 1 saturated heterocycles. The molecule has 2 heteroatoms. The van der Waals surface area contributed by atoms with Gasteiger partial charge in [0.25, 0.3) is 0 Å². The van der Waals surface area contributed by atoms with E-state index in [9.17, 15) is 0 Å². The molecule has 0 aromatic rings. The van der Waals surface area contributed by atoms with Gasteiger partial charge in [0.15, 0.2) is 0 Å². The molecule has 0 bridgehead atoms. The maximum absolute atomic E-state index is 2.55. The number of hydrogen-bond acceptors (Lipinski definition) is 1. The summed E-state index contributed by atoms with van der Waals surface area (Å²) in [7, 11) is 0. The Bertz CT molecular complexity index is 50.0. The van der Waals surface area contributed by atoms with Gasteiger partial charge in [-0.2, -0.15) is 0 Å². The first-order valence-corrected chi connectivity index (χ1v) is 4.57. The minimum absolute atomic E-state index is 1.36. The number of nitrogens with zero attached hydrogens (tertiary/aromatic N) is 1. The van der Waals surface area contributed by atoms with E-state index in [-0.39, 0.29) is 0 Å². The Morgan fingerprint density at radius 1 is 1.29 bits per heavy atom. The van der Waals surface area contributed by atoms with Crippen molar-refractivity contribution < 1.29 is 0 Å². The predicted octanol–water partition coefficient (Wildman–Crippen LogP) is -0.327. The average molecular weight is 113 g/mol. The van der Waals surface area contributed by atoms with Crippen LogP contribution in [0.25, 0.3) is 0 Å². The van der Waals surface area contributed by atoms with Crippen LogP contribution in [0, 0.1) is 0 Å². The Hall–Kier alpha value is 0.492. The fourth-order valence-electron chi connectivity index (χ4n) is 1.10. The molecule has 0 aromatic heterocycles. The van der Waals surface area contributed by atoms with Crippen LogP contribution in [0.3, 0.4) is 0 Å². The molecule has 0 saturated carbocycles. The molecule has 40 valence electrons. The third-order valence-corrected chi connectivity index (χ3v) is 2.54. The van der Waals surface area contributed by atoms with E-state index >= 15 is 0 Å². The molecular formula is C5H12AlN. The fraction of sp³-hybridized carbons (Fsp3) is 1.00. The van der Waals surface area contributed by atoms with E-state index in [4.69, 9.17) is 0 Å². The van der Waals surface area contributed by atoms with Crippen LogP contribution in [0.15, 0.2) is 0 Å². The smallest absolute Gasteiger partial charge is 0.234 e. The topological polar surface area (TPSA) is 3.24 Å². The van der Waals surface area contributed by atoms with Gasteiger partial charge in [-0.15, -0.1) is 0 Å². The maximum atomic E-state index is 2.55. The highest BCUT2D eigenvalue weighted by Crippen LogP contribution is 2.04. The van der Waals surface area contributed by atoms with Gasteiger partial charge in [-0.3, -0.25) is 0 Å². The van der Waals surface area contributed by atoms with Gasteiger partial charge in [0.1, 0.15) is 0 Å². The van der Waals surface area contributed by atoms with E-state index < -0.39 is 0 Å². The highest BCUT2D eigenvalue weighted by Gasteiger charge is 2.06. The van der Waals surface area contributed by atoms with Gasteiger partial charge in [-0.25, -0.2) is 0 Å². The SMILES string of the molecule is [AlH2][CH2]N1CCCC1. The standard InChI is InChI=1S/C5H10N.Al.2H/c1-6-4-2-3-5-6;;;/h1-5H2;;;. The average Bonchev–Trinajstić information content (AvgIpc) is 2.14. The highest BCUT2D eigenvalue weighted by atomic mass is 27.0. The molecule has 0 N–H and O–H groups in total. The minimum Gasteiger partial charge on any atom is -0.317 e. The molecule has 1 fully saturated rings. The lowest BCUT2D eigenvalue weighted by Crippen LogP contribution is -2.19. The Morgan fingerprint density at radius 3 is 2.14 bits per heavy atom. The van der Waals surface area contributed by atoms with Gasteiger partial charge < -0.3 is 4.90 Å². The van der Waals surface area contributed by atoms with Crippen LogP contribution in [0.1, 0.15) is 12.8 Å². The molecule has 1 heterocycles. The highest BCUT2D eigenvalue weighted by molar-refractivity contribution is 6.08. The number of likely N-dealkylation sites (tertiary alicyclic amines) is 1. The van der Waals surface area contributed by atoms with Crippen LogP contribution in [0.5, 0.6) is 0 Å². The van der Waals surface area contributed by atoms with Gasteiger partial charge >= 0.3 is 0 Å².